The second-order valence-electron chi connectivity index (χ2n) is 5.66. The number of benzene rings is 1. The van der Waals surface area contributed by atoms with E-state index in [0.29, 0.717) is 23.3 Å². The largest absolute Gasteiger partial charge is 0.438 e. The van der Waals surface area contributed by atoms with E-state index in [1.54, 1.807) is 0 Å². The van der Waals surface area contributed by atoms with Crippen LogP contribution in [0.4, 0.5) is 0 Å². The standard InChI is InChI=1S/C17H19ClN2O3/c1-11-16(12-4-6-14(18)7-5-12)23-15(20-11)9-19-17(21)13-3-2-8-22-10-13/h4-7,13H,2-3,8-10H2,1H3,(H,19,21)/t13-/m1/s1. The van der Waals surface area contributed by atoms with Gasteiger partial charge in [-0.25, -0.2) is 4.98 Å². The third-order valence-corrected chi connectivity index (χ3v) is 4.14. The van der Waals surface area contributed by atoms with Gasteiger partial charge in [0.2, 0.25) is 11.8 Å². The van der Waals surface area contributed by atoms with Crippen LogP contribution in [-0.2, 0) is 16.1 Å². The van der Waals surface area contributed by atoms with E-state index in [1.165, 1.54) is 0 Å². The van der Waals surface area contributed by atoms with Crippen LogP contribution in [0, 0.1) is 12.8 Å². The molecule has 2 aromatic rings. The zero-order valence-corrected chi connectivity index (χ0v) is 13.7. The summed E-state index contributed by atoms with van der Waals surface area (Å²) >= 11 is 5.90. The van der Waals surface area contributed by atoms with Crippen molar-refractivity contribution in [2.45, 2.75) is 26.3 Å². The van der Waals surface area contributed by atoms with E-state index in [1.807, 2.05) is 31.2 Å². The third-order valence-electron chi connectivity index (χ3n) is 3.89. The lowest BCUT2D eigenvalue weighted by Gasteiger charge is -2.20. The first kappa shape index (κ1) is 16.0. The summed E-state index contributed by atoms with van der Waals surface area (Å²) in [5, 5.41) is 3.55. The van der Waals surface area contributed by atoms with Crippen LogP contribution in [0.3, 0.4) is 0 Å². The van der Waals surface area contributed by atoms with Gasteiger partial charge in [-0.3, -0.25) is 4.79 Å². The molecule has 1 aromatic heterocycles. The molecule has 1 aliphatic heterocycles. The van der Waals surface area contributed by atoms with Crippen molar-refractivity contribution in [1.82, 2.24) is 10.3 Å². The van der Waals surface area contributed by atoms with E-state index in [0.717, 1.165) is 30.7 Å². The number of nitrogens with one attached hydrogen (secondary N) is 1. The van der Waals surface area contributed by atoms with Gasteiger partial charge in [0.1, 0.15) is 0 Å². The number of aryl methyl sites for hydroxylation is 1. The predicted octanol–water partition coefficient (Wildman–Crippen LogP) is 3.35. The van der Waals surface area contributed by atoms with Crippen molar-refractivity contribution in [1.29, 1.82) is 0 Å². The Labute approximate surface area is 140 Å². The Hall–Kier alpha value is -1.85. The Kier molecular flexibility index (Phi) is 4.98. The second kappa shape index (κ2) is 7.15. The number of oxazole rings is 1. The van der Waals surface area contributed by atoms with E-state index in [4.69, 9.17) is 20.8 Å². The zero-order valence-electron chi connectivity index (χ0n) is 13.0. The Bertz CT molecular complexity index is 676. The minimum Gasteiger partial charge on any atom is -0.438 e. The summed E-state index contributed by atoms with van der Waals surface area (Å²) in [5.74, 6) is 1.12. The minimum absolute atomic E-state index is 0.00593. The molecule has 1 amide bonds. The maximum absolute atomic E-state index is 12.1. The van der Waals surface area contributed by atoms with E-state index in [9.17, 15) is 4.79 Å². The highest BCUT2D eigenvalue weighted by Crippen LogP contribution is 2.26. The maximum atomic E-state index is 12.1. The van der Waals surface area contributed by atoms with Crippen molar-refractivity contribution in [2.24, 2.45) is 5.92 Å². The molecule has 0 saturated carbocycles. The molecular weight excluding hydrogens is 316 g/mol. The summed E-state index contributed by atoms with van der Waals surface area (Å²) in [6.45, 7) is 3.40. The van der Waals surface area contributed by atoms with Gasteiger partial charge in [-0.1, -0.05) is 11.6 Å². The van der Waals surface area contributed by atoms with Crippen molar-refractivity contribution < 1.29 is 13.9 Å². The lowest BCUT2D eigenvalue weighted by Crippen LogP contribution is -2.35. The summed E-state index contributed by atoms with van der Waals surface area (Å²) in [6.07, 6.45) is 1.80. The van der Waals surface area contributed by atoms with E-state index in [-0.39, 0.29) is 18.4 Å². The fraction of sp³-hybridized carbons (Fsp3) is 0.412. The molecule has 122 valence electrons. The second-order valence-corrected chi connectivity index (χ2v) is 6.10. The number of carbonyl (C=O) groups excluding carboxylic acids is 1. The number of carbonyl (C=O) groups is 1. The Morgan fingerprint density at radius 2 is 2.17 bits per heavy atom. The first-order chi connectivity index (χ1) is 11.1. The number of rotatable bonds is 4. The van der Waals surface area contributed by atoms with Crippen LogP contribution in [0.5, 0.6) is 0 Å². The zero-order chi connectivity index (χ0) is 16.2. The van der Waals surface area contributed by atoms with Crippen molar-refractivity contribution >= 4 is 17.5 Å². The van der Waals surface area contributed by atoms with Gasteiger partial charge in [-0.05, 0) is 44.0 Å². The SMILES string of the molecule is Cc1nc(CNC(=O)[C@@H]2CCCOC2)oc1-c1ccc(Cl)cc1. The van der Waals surface area contributed by atoms with Crippen LogP contribution in [0.2, 0.25) is 5.02 Å². The Balaban J connectivity index is 1.64. The highest BCUT2D eigenvalue weighted by molar-refractivity contribution is 6.30. The fourth-order valence-electron chi connectivity index (χ4n) is 2.65. The van der Waals surface area contributed by atoms with Crippen molar-refractivity contribution in [2.75, 3.05) is 13.2 Å². The molecule has 1 aliphatic rings. The normalized spacial score (nSPS) is 17.9. The summed E-state index contributed by atoms with van der Waals surface area (Å²) < 4.78 is 11.1. The van der Waals surface area contributed by atoms with E-state index < -0.39 is 0 Å². The quantitative estimate of drug-likeness (QED) is 0.931. The van der Waals surface area contributed by atoms with E-state index in [2.05, 4.69) is 10.3 Å². The summed E-state index contributed by atoms with van der Waals surface area (Å²) in [6, 6.07) is 7.39. The molecule has 1 atom stereocenters. The molecule has 0 radical (unpaired) electrons. The molecule has 1 fully saturated rings. The molecule has 5 nitrogen and oxygen atoms in total. The molecule has 0 aliphatic carbocycles. The third kappa shape index (κ3) is 3.92. The van der Waals surface area contributed by atoms with Gasteiger partial charge in [-0.15, -0.1) is 0 Å². The molecule has 0 spiro atoms. The molecule has 6 heteroatoms. The minimum atomic E-state index is -0.0736. The highest BCUT2D eigenvalue weighted by Gasteiger charge is 2.22. The molecule has 0 unspecified atom stereocenters. The number of nitrogens with zero attached hydrogens (tertiary/aromatic N) is 1. The van der Waals surface area contributed by atoms with Crippen LogP contribution in [-0.4, -0.2) is 24.1 Å². The number of amides is 1. The van der Waals surface area contributed by atoms with Crippen LogP contribution in [0.1, 0.15) is 24.4 Å². The monoisotopic (exact) mass is 334 g/mol. The molecule has 1 aromatic carbocycles. The topological polar surface area (TPSA) is 64.4 Å². The van der Waals surface area contributed by atoms with Gasteiger partial charge in [0.15, 0.2) is 5.76 Å². The van der Waals surface area contributed by atoms with Gasteiger partial charge in [-0.2, -0.15) is 0 Å². The lowest BCUT2D eigenvalue weighted by atomic mass is 10.0. The van der Waals surface area contributed by atoms with Gasteiger partial charge in [0.25, 0.3) is 0 Å². The van der Waals surface area contributed by atoms with Crippen LogP contribution >= 0.6 is 11.6 Å². The first-order valence-electron chi connectivity index (χ1n) is 7.71. The molecule has 1 saturated heterocycles. The number of hydrogen-bond donors (Lipinski definition) is 1. The average molecular weight is 335 g/mol. The molecule has 0 bridgehead atoms. The molecule has 2 heterocycles. The summed E-state index contributed by atoms with van der Waals surface area (Å²) in [7, 11) is 0. The number of aromatic nitrogens is 1. The molecule has 1 N–H and O–H groups in total. The van der Waals surface area contributed by atoms with Crippen molar-refractivity contribution in [3.05, 3.63) is 40.9 Å². The maximum Gasteiger partial charge on any atom is 0.225 e. The number of ether oxygens (including phenoxy) is 1. The van der Waals surface area contributed by atoms with Gasteiger partial charge >= 0.3 is 0 Å². The first-order valence-corrected chi connectivity index (χ1v) is 8.09. The van der Waals surface area contributed by atoms with Crippen molar-refractivity contribution in [3.63, 3.8) is 0 Å². The predicted molar refractivity (Wildman–Crippen MR) is 87.1 cm³/mol. The number of halogens is 1. The molecule has 3 rings (SSSR count). The smallest absolute Gasteiger partial charge is 0.225 e. The van der Waals surface area contributed by atoms with Gasteiger partial charge in [0, 0.05) is 17.2 Å². The van der Waals surface area contributed by atoms with Crippen molar-refractivity contribution in [3.8, 4) is 11.3 Å². The van der Waals surface area contributed by atoms with Gasteiger partial charge in [0.05, 0.1) is 24.8 Å². The van der Waals surface area contributed by atoms with E-state index >= 15 is 0 Å². The number of hydrogen-bond acceptors (Lipinski definition) is 4. The lowest BCUT2D eigenvalue weighted by molar-refractivity contribution is -0.129. The molecule has 23 heavy (non-hydrogen) atoms. The Morgan fingerprint density at radius 1 is 1.39 bits per heavy atom. The van der Waals surface area contributed by atoms with Crippen LogP contribution in [0.15, 0.2) is 28.7 Å². The Morgan fingerprint density at radius 3 is 2.87 bits per heavy atom. The summed E-state index contributed by atoms with van der Waals surface area (Å²) in [4.78, 5) is 16.5. The molecular formula is C17H19ClN2O3. The van der Waals surface area contributed by atoms with Crippen LogP contribution < -0.4 is 5.32 Å². The van der Waals surface area contributed by atoms with Crippen LogP contribution in [0.25, 0.3) is 11.3 Å². The highest BCUT2D eigenvalue weighted by atomic mass is 35.5. The fourth-order valence-corrected chi connectivity index (χ4v) is 2.78. The summed E-state index contributed by atoms with van der Waals surface area (Å²) in [5.41, 5.74) is 1.70. The average Bonchev–Trinajstić information content (AvgIpc) is 2.95. The van der Waals surface area contributed by atoms with Gasteiger partial charge < -0.3 is 14.5 Å².